The van der Waals surface area contributed by atoms with Crippen LogP contribution in [0.4, 0.5) is 17.2 Å². The molecule has 1 aliphatic rings. The number of rotatable bonds is 5. The summed E-state index contributed by atoms with van der Waals surface area (Å²) >= 11 is 0. The van der Waals surface area contributed by atoms with Gasteiger partial charge in [-0.15, -0.1) is 0 Å². The third kappa shape index (κ3) is 3.49. The van der Waals surface area contributed by atoms with Crippen molar-refractivity contribution in [3.8, 4) is 0 Å². The Morgan fingerprint density at radius 1 is 1.08 bits per heavy atom. The zero-order valence-corrected chi connectivity index (χ0v) is 13.5. The molecule has 0 radical (unpaired) electrons. The number of nitrogens with one attached hydrogen (secondary N) is 4. The normalized spacial score (nSPS) is 15.5. The van der Waals surface area contributed by atoms with Gasteiger partial charge in [-0.05, 0) is 56.1 Å². The predicted molar refractivity (Wildman–Crippen MR) is 97.7 cm³/mol. The van der Waals surface area contributed by atoms with E-state index in [4.69, 9.17) is 0 Å². The first kappa shape index (κ1) is 15.0. The molecule has 0 spiro atoms. The summed E-state index contributed by atoms with van der Waals surface area (Å²) in [6.07, 6.45) is 8.05. The maximum Gasteiger partial charge on any atom is 0.139 e. The molecule has 124 valence electrons. The zero-order valence-electron chi connectivity index (χ0n) is 13.5. The Kier molecular flexibility index (Phi) is 4.29. The van der Waals surface area contributed by atoms with Crippen LogP contribution in [0.25, 0.3) is 11.0 Å². The Morgan fingerprint density at radius 3 is 2.88 bits per heavy atom. The summed E-state index contributed by atoms with van der Waals surface area (Å²) in [6, 6.07) is 8.12. The molecule has 3 aromatic rings. The fraction of sp³-hybridized carbons (Fsp3) is 0.333. The molecule has 0 aliphatic carbocycles. The van der Waals surface area contributed by atoms with Crippen LogP contribution in [-0.2, 0) is 0 Å². The van der Waals surface area contributed by atoms with Crippen molar-refractivity contribution in [1.82, 2.24) is 20.3 Å². The highest BCUT2D eigenvalue weighted by Crippen LogP contribution is 2.20. The van der Waals surface area contributed by atoms with Crippen LogP contribution < -0.4 is 16.0 Å². The summed E-state index contributed by atoms with van der Waals surface area (Å²) in [6.45, 7) is 3.25. The summed E-state index contributed by atoms with van der Waals surface area (Å²) in [5.41, 5.74) is 2.86. The molecule has 6 nitrogen and oxygen atoms in total. The van der Waals surface area contributed by atoms with Gasteiger partial charge >= 0.3 is 0 Å². The maximum absolute atomic E-state index is 4.56. The van der Waals surface area contributed by atoms with Crippen LogP contribution in [0.15, 0.2) is 42.9 Å². The minimum atomic E-state index is 0.736. The lowest BCUT2D eigenvalue weighted by molar-refractivity contribution is 0.390. The van der Waals surface area contributed by atoms with Crippen molar-refractivity contribution in [2.24, 2.45) is 5.92 Å². The van der Waals surface area contributed by atoms with Crippen LogP contribution in [0.5, 0.6) is 0 Å². The molecule has 24 heavy (non-hydrogen) atoms. The quantitative estimate of drug-likeness (QED) is 0.580. The molecule has 4 N–H and O–H groups in total. The second-order valence-electron chi connectivity index (χ2n) is 6.27. The van der Waals surface area contributed by atoms with Gasteiger partial charge in [-0.3, -0.25) is 4.98 Å². The molecule has 0 amide bonds. The third-order valence-electron chi connectivity index (χ3n) is 4.47. The van der Waals surface area contributed by atoms with E-state index in [1.165, 1.54) is 12.8 Å². The number of piperidine rings is 1. The van der Waals surface area contributed by atoms with Gasteiger partial charge in [0.1, 0.15) is 11.5 Å². The molecule has 0 aromatic carbocycles. The number of H-pyrrole nitrogens is 1. The highest BCUT2D eigenvalue weighted by Gasteiger charge is 2.12. The molecule has 1 aliphatic heterocycles. The second-order valence-corrected chi connectivity index (χ2v) is 6.27. The first-order valence-corrected chi connectivity index (χ1v) is 8.48. The van der Waals surface area contributed by atoms with E-state index in [0.717, 1.165) is 53.8 Å². The largest absolute Gasteiger partial charge is 0.383 e. The Hall–Kier alpha value is -2.60. The van der Waals surface area contributed by atoms with E-state index in [1.54, 1.807) is 0 Å². The summed E-state index contributed by atoms with van der Waals surface area (Å²) in [5.74, 6) is 1.54. The third-order valence-corrected chi connectivity index (χ3v) is 4.47. The molecule has 4 heterocycles. The van der Waals surface area contributed by atoms with Gasteiger partial charge in [0, 0.05) is 18.1 Å². The molecular formula is C18H22N6. The first-order valence-electron chi connectivity index (χ1n) is 8.48. The number of aromatic nitrogens is 3. The molecule has 6 heteroatoms. The molecule has 4 rings (SSSR count). The minimum absolute atomic E-state index is 0.736. The van der Waals surface area contributed by atoms with E-state index >= 15 is 0 Å². The number of pyridine rings is 2. The van der Waals surface area contributed by atoms with Crippen LogP contribution >= 0.6 is 0 Å². The van der Waals surface area contributed by atoms with E-state index in [1.807, 2.05) is 36.8 Å². The van der Waals surface area contributed by atoms with Gasteiger partial charge in [0.25, 0.3) is 0 Å². The van der Waals surface area contributed by atoms with Crippen LogP contribution in [0.1, 0.15) is 12.8 Å². The first-order chi connectivity index (χ1) is 11.9. The average molecular weight is 322 g/mol. The monoisotopic (exact) mass is 322 g/mol. The van der Waals surface area contributed by atoms with E-state index in [2.05, 4.69) is 37.0 Å². The van der Waals surface area contributed by atoms with Gasteiger partial charge < -0.3 is 20.9 Å². The number of aromatic amines is 1. The van der Waals surface area contributed by atoms with Crippen molar-refractivity contribution >= 4 is 28.2 Å². The number of fused-ring (bicyclic) bond motifs is 1. The summed E-state index contributed by atoms with van der Waals surface area (Å²) in [5, 5.41) is 11.3. The molecule has 1 fully saturated rings. The van der Waals surface area contributed by atoms with E-state index in [0.29, 0.717) is 0 Å². The van der Waals surface area contributed by atoms with Crippen molar-refractivity contribution in [3.05, 3.63) is 42.9 Å². The van der Waals surface area contributed by atoms with Crippen molar-refractivity contribution < 1.29 is 0 Å². The van der Waals surface area contributed by atoms with Gasteiger partial charge in [-0.1, -0.05) is 0 Å². The summed E-state index contributed by atoms with van der Waals surface area (Å²) < 4.78 is 0. The lowest BCUT2D eigenvalue weighted by Crippen LogP contribution is -2.31. The van der Waals surface area contributed by atoms with E-state index in [-0.39, 0.29) is 0 Å². The minimum Gasteiger partial charge on any atom is -0.383 e. The molecule has 1 saturated heterocycles. The van der Waals surface area contributed by atoms with Crippen LogP contribution in [-0.4, -0.2) is 34.6 Å². The Labute approximate surface area is 141 Å². The van der Waals surface area contributed by atoms with E-state index in [9.17, 15) is 0 Å². The Morgan fingerprint density at radius 2 is 1.96 bits per heavy atom. The molecular weight excluding hydrogens is 300 g/mol. The van der Waals surface area contributed by atoms with Crippen LogP contribution in [0, 0.1) is 5.92 Å². The van der Waals surface area contributed by atoms with Gasteiger partial charge in [0.15, 0.2) is 0 Å². The van der Waals surface area contributed by atoms with Crippen molar-refractivity contribution in [1.29, 1.82) is 0 Å². The lowest BCUT2D eigenvalue weighted by atomic mass is 9.98. The molecule has 0 unspecified atom stereocenters. The van der Waals surface area contributed by atoms with Crippen LogP contribution in [0.3, 0.4) is 0 Å². The van der Waals surface area contributed by atoms with Crippen LogP contribution in [0.2, 0.25) is 0 Å². The molecule has 0 atom stereocenters. The number of hydrogen-bond acceptors (Lipinski definition) is 5. The topological polar surface area (TPSA) is 77.7 Å². The average Bonchev–Trinajstić information content (AvgIpc) is 3.09. The SMILES string of the molecule is c1cc2ccc(Nc3cncc(NCC4CCNCC4)c3)nc2[nH]1. The Balaban J connectivity index is 1.41. The standard InChI is InChI=1S/C18H22N6/c1-2-17(24-18-14(1)5-8-21-18)23-16-9-15(11-20-12-16)22-10-13-3-6-19-7-4-13/h1-2,5,8-9,11-13,19,22H,3-4,6-7,10H2,(H2,21,23,24). The molecule has 3 aromatic heterocycles. The highest BCUT2D eigenvalue weighted by atomic mass is 15.0. The van der Waals surface area contributed by atoms with Gasteiger partial charge in [0.2, 0.25) is 0 Å². The van der Waals surface area contributed by atoms with Gasteiger partial charge in [0.05, 0.1) is 23.8 Å². The lowest BCUT2D eigenvalue weighted by Gasteiger charge is -2.23. The summed E-state index contributed by atoms with van der Waals surface area (Å²) in [7, 11) is 0. The van der Waals surface area contributed by atoms with E-state index < -0.39 is 0 Å². The fourth-order valence-corrected chi connectivity index (χ4v) is 3.10. The van der Waals surface area contributed by atoms with Crippen molar-refractivity contribution in [3.63, 3.8) is 0 Å². The zero-order chi connectivity index (χ0) is 16.2. The number of anilines is 3. The number of hydrogen-bond donors (Lipinski definition) is 4. The smallest absolute Gasteiger partial charge is 0.139 e. The highest BCUT2D eigenvalue weighted by molar-refractivity contribution is 5.78. The predicted octanol–water partition coefficient (Wildman–Crippen LogP) is 3.11. The fourth-order valence-electron chi connectivity index (χ4n) is 3.10. The molecule has 0 saturated carbocycles. The maximum atomic E-state index is 4.56. The number of nitrogens with zero attached hydrogens (tertiary/aromatic N) is 2. The van der Waals surface area contributed by atoms with Crippen molar-refractivity contribution in [2.45, 2.75) is 12.8 Å². The second kappa shape index (κ2) is 6.88. The van der Waals surface area contributed by atoms with Crippen molar-refractivity contribution in [2.75, 3.05) is 30.3 Å². The van der Waals surface area contributed by atoms with Gasteiger partial charge in [-0.25, -0.2) is 4.98 Å². The Bertz CT molecular complexity index is 806. The molecule has 0 bridgehead atoms. The van der Waals surface area contributed by atoms with Gasteiger partial charge in [-0.2, -0.15) is 0 Å². The summed E-state index contributed by atoms with van der Waals surface area (Å²) in [4.78, 5) is 12.0.